The van der Waals surface area contributed by atoms with Crippen LogP contribution in [0.1, 0.15) is 23.2 Å². The summed E-state index contributed by atoms with van der Waals surface area (Å²) in [4.78, 5) is 11.6. The molecular weight excluding hydrogens is 268 g/mol. The number of hydrogen-bond acceptors (Lipinski definition) is 4. The lowest BCUT2D eigenvalue weighted by Gasteiger charge is -2.13. The zero-order valence-corrected chi connectivity index (χ0v) is 11.6. The molecule has 0 aromatic heterocycles. The summed E-state index contributed by atoms with van der Waals surface area (Å²) >= 11 is 0. The Balaban J connectivity index is 2.33. The molecule has 1 fully saturated rings. The highest BCUT2D eigenvalue weighted by Gasteiger charge is 2.25. The maximum absolute atomic E-state index is 11.6. The molecule has 1 amide bonds. The zero-order chi connectivity index (χ0) is 14.0. The summed E-state index contributed by atoms with van der Waals surface area (Å²) in [5, 5.41) is 2.51. The summed E-state index contributed by atoms with van der Waals surface area (Å²) in [6.45, 7) is 0. The molecule has 0 spiro atoms. The quantitative estimate of drug-likeness (QED) is 0.843. The van der Waals surface area contributed by atoms with E-state index in [1.165, 1.54) is 13.1 Å². The van der Waals surface area contributed by atoms with Gasteiger partial charge in [0.15, 0.2) is 0 Å². The Labute approximate surface area is 112 Å². The standard InChI is InChI=1S/C12H16N2O4S/c1-13-12(15)8-3-6-10(14-19(2,16)17)11(7-8)18-9-4-5-9/h3,6-7,9,14H,4-5H2,1-2H3,(H,13,15). The van der Waals surface area contributed by atoms with Gasteiger partial charge in [0.2, 0.25) is 10.0 Å². The number of hydrogen-bond donors (Lipinski definition) is 2. The normalized spacial score (nSPS) is 14.8. The van der Waals surface area contributed by atoms with Crippen molar-refractivity contribution in [2.24, 2.45) is 0 Å². The highest BCUT2D eigenvalue weighted by molar-refractivity contribution is 7.92. The molecule has 19 heavy (non-hydrogen) atoms. The minimum atomic E-state index is -3.38. The van der Waals surface area contributed by atoms with Crippen molar-refractivity contribution in [2.75, 3.05) is 18.0 Å². The van der Waals surface area contributed by atoms with Crippen LogP contribution in [0.3, 0.4) is 0 Å². The lowest BCUT2D eigenvalue weighted by molar-refractivity contribution is 0.0962. The van der Waals surface area contributed by atoms with Gasteiger partial charge in [-0.15, -0.1) is 0 Å². The van der Waals surface area contributed by atoms with Crippen molar-refractivity contribution in [1.29, 1.82) is 0 Å². The van der Waals surface area contributed by atoms with Crippen molar-refractivity contribution in [3.8, 4) is 5.75 Å². The largest absolute Gasteiger partial charge is 0.488 e. The average Bonchev–Trinajstić information content (AvgIpc) is 3.12. The molecule has 1 saturated carbocycles. The minimum Gasteiger partial charge on any atom is -0.488 e. The Morgan fingerprint density at radius 3 is 2.58 bits per heavy atom. The van der Waals surface area contributed by atoms with Gasteiger partial charge in [-0.2, -0.15) is 0 Å². The predicted octanol–water partition coefficient (Wildman–Crippen LogP) is 0.959. The molecule has 0 heterocycles. The van der Waals surface area contributed by atoms with Crippen LogP contribution in [0.15, 0.2) is 18.2 Å². The van der Waals surface area contributed by atoms with Crippen LogP contribution in [0.5, 0.6) is 5.75 Å². The smallest absolute Gasteiger partial charge is 0.251 e. The number of carbonyl (C=O) groups excluding carboxylic acids is 1. The first-order valence-corrected chi connectivity index (χ1v) is 7.79. The molecule has 1 aromatic carbocycles. The van der Waals surface area contributed by atoms with Crippen LogP contribution in [0.4, 0.5) is 5.69 Å². The molecule has 2 N–H and O–H groups in total. The lowest BCUT2D eigenvalue weighted by Crippen LogP contribution is -2.18. The minimum absolute atomic E-state index is 0.111. The topological polar surface area (TPSA) is 84.5 Å². The number of nitrogens with one attached hydrogen (secondary N) is 2. The molecule has 0 radical (unpaired) electrons. The number of carbonyl (C=O) groups is 1. The number of rotatable bonds is 5. The maximum Gasteiger partial charge on any atom is 0.251 e. The Hall–Kier alpha value is -1.76. The fourth-order valence-corrected chi connectivity index (χ4v) is 2.12. The van der Waals surface area contributed by atoms with Crippen LogP contribution < -0.4 is 14.8 Å². The van der Waals surface area contributed by atoms with Gasteiger partial charge in [0, 0.05) is 12.6 Å². The lowest BCUT2D eigenvalue weighted by atomic mass is 10.2. The van der Waals surface area contributed by atoms with Gasteiger partial charge in [-0.1, -0.05) is 0 Å². The van der Waals surface area contributed by atoms with Crippen LogP contribution in [0, 0.1) is 0 Å². The number of amides is 1. The van der Waals surface area contributed by atoms with Crippen LogP contribution in [-0.4, -0.2) is 33.7 Å². The van der Waals surface area contributed by atoms with Gasteiger partial charge in [0.25, 0.3) is 5.91 Å². The second kappa shape index (κ2) is 5.08. The molecule has 0 bridgehead atoms. The first-order valence-electron chi connectivity index (χ1n) is 5.89. The molecule has 1 aliphatic carbocycles. The number of anilines is 1. The van der Waals surface area contributed by atoms with E-state index < -0.39 is 10.0 Å². The van der Waals surface area contributed by atoms with E-state index in [4.69, 9.17) is 4.74 Å². The Morgan fingerprint density at radius 2 is 2.05 bits per heavy atom. The van der Waals surface area contributed by atoms with Crippen molar-refractivity contribution in [1.82, 2.24) is 5.32 Å². The first-order chi connectivity index (χ1) is 8.89. The first kappa shape index (κ1) is 13.7. The van der Waals surface area contributed by atoms with E-state index in [2.05, 4.69) is 10.0 Å². The number of sulfonamides is 1. The van der Waals surface area contributed by atoms with E-state index in [9.17, 15) is 13.2 Å². The van der Waals surface area contributed by atoms with Gasteiger partial charge >= 0.3 is 0 Å². The Bertz CT molecular complexity index is 594. The van der Waals surface area contributed by atoms with Crippen molar-refractivity contribution < 1.29 is 17.9 Å². The third-order valence-corrected chi connectivity index (χ3v) is 3.17. The molecule has 7 heteroatoms. The van der Waals surface area contributed by atoms with Crippen LogP contribution in [0.25, 0.3) is 0 Å². The van der Waals surface area contributed by atoms with Gasteiger partial charge in [0.05, 0.1) is 18.0 Å². The zero-order valence-electron chi connectivity index (χ0n) is 10.8. The molecule has 0 aliphatic heterocycles. The fraction of sp³-hybridized carbons (Fsp3) is 0.417. The fourth-order valence-electron chi connectivity index (χ4n) is 1.55. The summed E-state index contributed by atoms with van der Waals surface area (Å²) in [5.74, 6) is 0.139. The Morgan fingerprint density at radius 1 is 1.37 bits per heavy atom. The maximum atomic E-state index is 11.6. The van der Waals surface area contributed by atoms with Crippen molar-refractivity contribution in [3.05, 3.63) is 23.8 Å². The molecule has 104 valence electrons. The average molecular weight is 284 g/mol. The monoisotopic (exact) mass is 284 g/mol. The van der Waals surface area contributed by atoms with Crippen molar-refractivity contribution in [2.45, 2.75) is 18.9 Å². The van der Waals surface area contributed by atoms with E-state index in [1.807, 2.05) is 0 Å². The van der Waals surface area contributed by atoms with Gasteiger partial charge in [0.1, 0.15) is 5.75 Å². The second-order valence-corrected chi connectivity index (χ2v) is 6.23. The molecule has 1 aliphatic rings. The number of ether oxygens (including phenoxy) is 1. The van der Waals surface area contributed by atoms with Crippen LogP contribution >= 0.6 is 0 Å². The molecule has 6 nitrogen and oxygen atoms in total. The molecule has 0 unspecified atom stereocenters. The molecule has 0 atom stereocenters. The van der Waals surface area contributed by atoms with Crippen molar-refractivity contribution in [3.63, 3.8) is 0 Å². The molecule has 2 rings (SSSR count). The van der Waals surface area contributed by atoms with Gasteiger partial charge in [-0.25, -0.2) is 8.42 Å². The summed E-state index contributed by atoms with van der Waals surface area (Å²) in [6.07, 6.45) is 3.08. The van der Waals surface area contributed by atoms with Gasteiger partial charge in [-0.3, -0.25) is 9.52 Å². The SMILES string of the molecule is CNC(=O)c1ccc(NS(C)(=O)=O)c(OC2CC2)c1. The van der Waals surface area contributed by atoms with E-state index in [0.29, 0.717) is 17.0 Å². The second-order valence-electron chi connectivity index (χ2n) is 4.48. The van der Waals surface area contributed by atoms with E-state index >= 15 is 0 Å². The third-order valence-electron chi connectivity index (χ3n) is 2.58. The van der Waals surface area contributed by atoms with E-state index in [0.717, 1.165) is 19.1 Å². The van der Waals surface area contributed by atoms with E-state index in [-0.39, 0.29) is 12.0 Å². The highest BCUT2D eigenvalue weighted by atomic mass is 32.2. The summed E-state index contributed by atoms with van der Waals surface area (Å²) in [7, 11) is -1.85. The van der Waals surface area contributed by atoms with Crippen LogP contribution in [-0.2, 0) is 10.0 Å². The summed E-state index contributed by atoms with van der Waals surface area (Å²) in [6, 6.07) is 4.63. The number of benzene rings is 1. The van der Waals surface area contributed by atoms with Crippen LogP contribution in [0.2, 0.25) is 0 Å². The molecular formula is C12H16N2O4S. The highest BCUT2D eigenvalue weighted by Crippen LogP contribution is 2.33. The summed E-state index contributed by atoms with van der Waals surface area (Å²) < 4.78 is 30.6. The third kappa shape index (κ3) is 3.85. The van der Waals surface area contributed by atoms with Crippen molar-refractivity contribution >= 4 is 21.6 Å². The van der Waals surface area contributed by atoms with Gasteiger partial charge < -0.3 is 10.1 Å². The predicted molar refractivity (Wildman–Crippen MR) is 71.9 cm³/mol. The Kier molecular flexibility index (Phi) is 3.66. The molecule has 1 aromatic rings. The summed E-state index contributed by atoms with van der Waals surface area (Å²) in [5.41, 5.74) is 0.777. The van der Waals surface area contributed by atoms with E-state index in [1.54, 1.807) is 12.1 Å². The molecule has 0 saturated heterocycles. The van der Waals surface area contributed by atoms with Gasteiger partial charge in [-0.05, 0) is 31.0 Å².